The van der Waals surface area contributed by atoms with Gasteiger partial charge in [0, 0.05) is 11.7 Å². The number of hydrogen-bond donors (Lipinski definition) is 3. The van der Waals surface area contributed by atoms with Crippen LogP contribution in [0, 0.1) is 11.6 Å². The summed E-state index contributed by atoms with van der Waals surface area (Å²) in [5.74, 6) is -2.04. The Morgan fingerprint density at radius 3 is 1.61 bits per heavy atom. The first-order valence-electron chi connectivity index (χ1n) is 10.1. The summed E-state index contributed by atoms with van der Waals surface area (Å²) >= 11 is 5.93. The van der Waals surface area contributed by atoms with Crippen molar-refractivity contribution in [3.8, 4) is 0 Å². The topological polar surface area (TPSA) is 92.4 Å². The predicted molar refractivity (Wildman–Crippen MR) is 143 cm³/mol. The Labute approximate surface area is 213 Å². The van der Waals surface area contributed by atoms with Gasteiger partial charge in [-0.05, 0) is 74.4 Å². The molecule has 0 atom stereocenters. The largest absolute Gasteiger partial charge is 0.478 e. The predicted octanol–water partition coefficient (Wildman–Crippen LogP) is 6.30. The lowest BCUT2D eigenvalue weighted by molar-refractivity contribution is 0.0696. The Balaban J connectivity index is 0.000000520. The normalized spacial score (nSPS) is 10.9. The number of nitrogens with one attached hydrogen (secondary N) is 1. The minimum Gasteiger partial charge on any atom is -0.478 e. The minimum absolute atomic E-state index is 0.0678. The average Bonchev–Trinajstić information content (AvgIpc) is 2.70. The molecule has 2 aromatic carbocycles. The van der Waals surface area contributed by atoms with E-state index < -0.39 is 27.9 Å². The Kier molecular flexibility index (Phi) is 13.5. The van der Waals surface area contributed by atoms with E-state index in [9.17, 15) is 18.4 Å². The molecule has 0 aliphatic heterocycles. The minimum atomic E-state index is -1.30. The first kappa shape index (κ1) is 31.6. The SMILES string of the molecule is C[Si](C)(C)CN.C[Si](C)(C)CNC(=O)c1ccc(F)c(Br)c1.O=C(O)c1ccc(F)c(Br)c1. The lowest BCUT2D eigenvalue weighted by Crippen LogP contribution is -2.39. The van der Waals surface area contributed by atoms with Crippen LogP contribution in [0.1, 0.15) is 20.7 Å². The summed E-state index contributed by atoms with van der Waals surface area (Å²) in [6.45, 7) is 13.3. The second-order valence-corrected chi connectivity index (χ2v) is 22.3. The fourth-order valence-electron chi connectivity index (χ4n) is 1.71. The van der Waals surface area contributed by atoms with E-state index in [-0.39, 0.29) is 21.8 Å². The molecule has 2 aromatic rings. The molecule has 0 saturated heterocycles. The molecule has 0 unspecified atom stereocenters. The Morgan fingerprint density at radius 2 is 1.27 bits per heavy atom. The zero-order valence-corrected chi connectivity index (χ0v) is 24.9. The van der Waals surface area contributed by atoms with Gasteiger partial charge in [0.05, 0.1) is 30.7 Å². The van der Waals surface area contributed by atoms with Crippen LogP contribution in [0.2, 0.25) is 39.3 Å². The zero-order valence-electron chi connectivity index (χ0n) is 19.7. The number of hydrogen-bond acceptors (Lipinski definition) is 3. The van der Waals surface area contributed by atoms with Crippen molar-refractivity contribution in [2.24, 2.45) is 5.73 Å². The molecule has 0 radical (unpaired) electrons. The smallest absolute Gasteiger partial charge is 0.335 e. The molecule has 2 rings (SSSR count). The van der Waals surface area contributed by atoms with Gasteiger partial charge in [-0.2, -0.15) is 0 Å². The van der Waals surface area contributed by atoms with Gasteiger partial charge < -0.3 is 16.2 Å². The van der Waals surface area contributed by atoms with Crippen LogP contribution in [-0.2, 0) is 0 Å². The van der Waals surface area contributed by atoms with Crippen molar-refractivity contribution < 1.29 is 23.5 Å². The summed E-state index contributed by atoms with van der Waals surface area (Å²) in [5, 5.41) is 11.3. The van der Waals surface area contributed by atoms with E-state index in [4.69, 9.17) is 10.8 Å². The number of aromatic carboxylic acids is 1. The highest BCUT2D eigenvalue weighted by Crippen LogP contribution is 2.17. The number of nitrogens with two attached hydrogens (primary N) is 1. The van der Waals surface area contributed by atoms with Crippen LogP contribution < -0.4 is 11.1 Å². The molecule has 33 heavy (non-hydrogen) atoms. The van der Waals surface area contributed by atoms with Gasteiger partial charge in [-0.3, -0.25) is 4.79 Å². The molecule has 0 aliphatic carbocycles. The molecule has 5 nitrogen and oxygen atoms in total. The molecule has 0 aliphatic rings. The summed E-state index contributed by atoms with van der Waals surface area (Å²) in [7, 11) is -2.15. The second kappa shape index (κ2) is 14.1. The maximum Gasteiger partial charge on any atom is 0.335 e. The lowest BCUT2D eigenvalue weighted by Gasteiger charge is -2.16. The zero-order chi connectivity index (χ0) is 26.0. The maximum atomic E-state index is 13.0. The molecule has 0 bridgehead atoms. The third-order valence-corrected chi connectivity index (χ3v) is 7.42. The van der Waals surface area contributed by atoms with E-state index in [2.05, 4.69) is 76.5 Å². The molecule has 184 valence electrons. The van der Waals surface area contributed by atoms with E-state index in [0.29, 0.717) is 10.0 Å². The number of carbonyl (C=O) groups is 2. The van der Waals surface area contributed by atoms with Crippen LogP contribution >= 0.6 is 31.9 Å². The molecule has 4 N–H and O–H groups in total. The van der Waals surface area contributed by atoms with Crippen LogP contribution in [-0.4, -0.2) is 45.5 Å². The number of amides is 1. The first-order chi connectivity index (χ1) is 15.0. The van der Waals surface area contributed by atoms with Gasteiger partial charge in [-0.25, -0.2) is 13.6 Å². The van der Waals surface area contributed by atoms with Crippen molar-refractivity contribution in [1.29, 1.82) is 0 Å². The fraction of sp³-hybridized carbons (Fsp3) is 0.364. The highest BCUT2D eigenvalue weighted by atomic mass is 79.9. The van der Waals surface area contributed by atoms with Crippen molar-refractivity contribution in [3.05, 3.63) is 68.1 Å². The van der Waals surface area contributed by atoms with Crippen molar-refractivity contribution in [3.63, 3.8) is 0 Å². The van der Waals surface area contributed by atoms with Crippen molar-refractivity contribution >= 4 is 59.9 Å². The van der Waals surface area contributed by atoms with Crippen LogP contribution in [0.15, 0.2) is 45.3 Å². The monoisotopic (exact) mass is 624 g/mol. The third kappa shape index (κ3) is 14.5. The van der Waals surface area contributed by atoms with E-state index in [1.54, 1.807) is 0 Å². The second-order valence-electron chi connectivity index (χ2n) is 9.57. The summed E-state index contributed by atoms with van der Waals surface area (Å²) in [6, 6.07) is 7.80. The molecule has 11 heteroatoms. The van der Waals surface area contributed by atoms with Crippen LogP contribution in [0.4, 0.5) is 8.78 Å². The third-order valence-electron chi connectivity index (χ3n) is 3.74. The maximum absolute atomic E-state index is 13.0. The fourth-order valence-corrected chi connectivity index (χ4v) is 3.16. The van der Waals surface area contributed by atoms with Gasteiger partial charge in [-0.15, -0.1) is 0 Å². The van der Waals surface area contributed by atoms with Crippen molar-refractivity contribution in [2.75, 3.05) is 12.3 Å². The number of carbonyl (C=O) groups excluding carboxylic acids is 1. The van der Waals surface area contributed by atoms with Gasteiger partial charge in [0.2, 0.25) is 0 Å². The summed E-state index contributed by atoms with van der Waals surface area (Å²) in [5.41, 5.74) is 5.91. The lowest BCUT2D eigenvalue weighted by atomic mass is 10.2. The molecule has 0 aromatic heterocycles. The van der Waals surface area contributed by atoms with Crippen LogP contribution in [0.5, 0.6) is 0 Å². The Bertz CT molecular complexity index is 950. The highest BCUT2D eigenvalue weighted by Gasteiger charge is 2.15. The van der Waals surface area contributed by atoms with Gasteiger partial charge >= 0.3 is 5.97 Å². The van der Waals surface area contributed by atoms with E-state index in [1.165, 1.54) is 30.3 Å². The molecular formula is C22H32Br2F2N2O3Si2. The van der Waals surface area contributed by atoms with Gasteiger partial charge in [0.25, 0.3) is 5.91 Å². The van der Waals surface area contributed by atoms with E-state index in [1.807, 2.05) is 0 Å². The molecule has 0 spiro atoms. The van der Waals surface area contributed by atoms with Gasteiger partial charge in [0.1, 0.15) is 11.6 Å². The summed E-state index contributed by atoms with van der Waals surface area (Å²) in [6.07, 6.45) is 1.63. The van der Waals surface area contributed by atoms with Gasteiger partial charge in [-0.1, -0.05) is 39.3 Å². The Morgan fingerprint density at radius 1 is 0.879 bits per heavy atom. The Hall–Kier alpha value is -1.41. The molecular weight excluding hydrogens is 594 g/mol. The van der Waals surface area contributed by atoms with Crippen molar-refractivity contribution in [1.82, 2.24) is 5.32 Å². The number of benzene rings is 2. The van der Waals surface area contributed by atoms with E-state index >= 15 is 0 Å². The number of carboxylic acid groups (broad SMARTS) is 1. The number of rotatable bonds is 5. The van der Waals surface area contributed by atoms with Crippen LogP contribution in [0.25, 0.3) is 0 Å². The number of carboxylic acids is 1. The standard InChI is InChI=1S/C11H15BrFNOSi.C7H4BrFO2.C4H13NSi/c1-16(2,3)7-14-11(15)8-4-5-10(13)9(12)6-8;8-5-3-4(7(10)11)1-2-6(5)9;1-6(2,3)4-5/h4-6H,7H2,1-3H3,(H,14,15);1-3H,(H,10,11);4-5H2,1-3H3. The molecule has 0 fully saturated rings. The summed E-state index contributed by atoms with van der Waals surface area (Å²) < 4.78 is 26.0. The molecule has 1 amide bonds. The average molecular weight is 626 g/mol. The highest BCUT2D eigenvalue weighted by molar-refractivity contribution is 9.10. The van der Waals surface area contributed by atoms with Crippen LogP contribution in [0.3, 0.4) is 0 Å². The first-order valence-corrected chi connectivity index (χ1v) is 19.1. The van der Waals surface area contributed by atoms with E-state index in [0.717, 1.165) is 18.4 Å². The number of halogens is 4. The quantitative estimate of drug-likeness (QED) is 0.340. The molecule has 0 heterocycles. The van der Waals surface area contributed by atoms with Gasteiger partial charge in [0.15, 0.2) is 0 Å². The summed E-state index contributed by atoms with van der Waals surface area (Å²) in [4.78, 5) is 22.0. The van der Waals surface area contributed by atoms with Crippen molar-refractivity contribution in [2.45, 2.75) is 39.3 Å². The molecule has 0 saturated carbocycles.